The van der Waals surface area contributed by atoms with Gasteiger partial charge in [0.15, 0.2) is 0 Å². The van der Waals surface area contributed by atoms with Gasteiger partial charge in [0.25, 0.3) is 0 Å². The largest absolute Gasteiger partial charge is 0.321 e. The second-order valence-corrected chi connectivity index (χ2v) is 4.96. The van der Waals surface area contributed by atoms with E-state index in [1.54, 1.807) is 0 Å². The number of rotatable bonds is 3. The first kappa shape index (κ1) is 9.72. The first-order valence-electron chi connectivity index (χ1n) is 4.69. The predicted molar refractivity (Wildman–Crippen MR) is 49.8 cm³/mol. The number of hydrogen-bond acceptors (Lipinski definition) is 2. The molecule has 0 aromatic carbocycles. The first-order valence-corrected chi connectivity index (χ1v) is 4.69. The highest BCUT2D eigenvalue weighted by molar-refractivity contribution is 5.84. The van der Waals surface area contributed by atoms with Crippen molar-refractivity contribution in [1.82, 2.24) is 0 Å². The van der Waals surface area contributed by atoms with Gasteiger partial charge in [-0.2, -0.15) is 0 Å². The van der Waals surface area contributed by atoms with E-state index in [4.69, 9.17) is 5.73 Å². The summed E-state index contributed by atoms with van der Waals surface area (Å²) < 4.78 is 0. The van der Waals surface area contributed by atoms with Crippen molar-refractivity contribution < 1.29 is 4.79 Å². The van der Waals surface area contributed by atoms with Crippen molar-refractivity contribution in [3.8, 4) is 0 Å². The van der Waals surface area contributed by atoms with Crippen molar-refractivity contribution in [2.45, 2.75) is 46.1 Å². The third-order valence-corrected chi connectivity index (χ3v) is 2.47. The van der Waals surface area contributed by atoms with Crippen LogP contribution in [-0.2, 0) is 4.79 Å². The van der Waals surface area contributed by atoms with Gasteiger partial charge in [0.2, 0.25) is 0 Å². The number of nitrogens with two attached hydrogens (primary N) is 1. The molecule has 2 N–H and O–H groups in total. The molecule has 0 aliphatic heterocycles. The molecule has 2 heteroatoms. The Morgan fingerprint density at radius 3 is 2.33 bits per heavy atom. The molecule has 2 nitrogen and oxygen atoms in total. The highest BCUT2D eigenvalue weighted by Crippen LogP contribution is 2.34. The summed E-state index contributed by atoms with van der Waals surface area (Å²) in [6, 6.07) is -0.280. The van der Waals surface area contributed by atoms with Gasteiger partial charge in [0.05, 0.1) is 6.04 Å². The molecule has 0 heterocycles. The van der Waals surface area contributed by atoms with Crippen molar-refractivity contribution in [1.29, 1.82) is 0 Å². The van der Waals surface area contributed by atoms with Crippen LogP contribution in [0.2, 0.25) is 0 Å². The van der Waals surface area contributed by atoms with Gasteiger partial charge >= 0.3 is 0 Å². The van der Waals surface area contributed by atoms with Crippen LogP contribution < -0.4 is 5.73 Å². The van der Waals surface area contributed by atoms with E-state index in [1.807, 2.05) is 20.8 Å². The predicted octanol–water partition coefficient (Wildman–Crippen LogP) is 1.73. The number of ketones is 1. The van der Waals surface area contributed by atoms with E-state index in [0.29, 0.717) is 12.3 Å². The molecule has 12 heavy (non-hydrogen) atoms. The quantitative estimate of drug-likeness (QED) is 0.699. The summed E-state index contributed by atoms with van der Waals surface area (Å²) in [5.74, 6) is 0.899. The van der Waals surface area contributed by atoms with Crippen LogP contribution in [0.5, 0.6) is 0 Å². The van der Waals surface area contributed by atoms with Gasteiger partial charge in [-0.3, -0.25) is 4.79 Å². The van der Waals surface area contributed by atoms with Crippen LogP contribution >= 0.6 is 0 Å². The van der Waals surface area contributed by atoms with E-state index in [-0.39, 0.29) is 17.2 Å². The van der Waals surface area contributed by atoms with Crippen LogP contribution in [0, 0.1) is 11.3 Å². The fourth-order valence-corrected chi connectivity index (χ4v) is 1.22. The van der Waals surface area contributed by atoms with Crippen LogP contribution in [0.4, 0.5) is 0 Å². The average Bonchev–Trinajstić information content (AvgIpc) is 2.68. The molecule has 0 aromatic heterocycles. The molecular weight excluding hydrogens is 150 g/mol. The lowest BCUT2D eigenvalue weighted by Crippen LogP contribution is -2.42. The highest BCUT2D eigenvalue weighted by atomic mass is 16.1. The Labute approximate surface area is 74.5 Å². The minimum absolute atomic E-state index is 0.0774. The van der Waals surface area contributed by atoms with Crippen molar-refractivity contribution in [2.24, 2.45) is 17.1 Å². The Kier molecular flexibility index (Phi) is 2.57. The topological polar surface area (TPSA) is 43.1 Å². The first-order chi connectivity index (χ1) is 5.41. The standard InChI is InChI=1S/C10H19NO/c1-10(2,3)9(11)8(12)6-7-4-5-7/h7,9H,4-6,11H2,1-3H3. The van der Waals surface area contributed by atoms with E-state index in [9.17, 15) is 4.79 Å². The zero-order chi connectivity index (χ0) is 9.35. The average molecular weight is 169 g/mol. The summed E-state index contributed by atoms with van der Waals surface area (Å²) in [6.45, 7) is 6.05. The van der Waals surface area contributed by atoms with Gasteiger partial charge in [-0.05, 0) is 24.2 Å². The number of carbonyl (C=O) groups is 1. The molecule has 1 unspecified atom stereocenters. The Bertz CT molecular complexity index is 177. The van der Waals surface area contributed by atoms with Gasteiger partial charge in [0, 0.05) is 6.42 Å². The fourth-order valence-electron chi connectivity index (χ4n) is 1.22. The molecule has 1 aliphatic carbocycles. The lowest BCUT2D eigenvalue weighted by molar-refractivity contribution is -0.122. The third kappa shape index (κ3) is 2.59. The van der Waals surface area contributed by atoms with Crippen LogP contribution in [0.25, 0.3) is 0 Å². The smallest absolute Gasteiger partial charge is 0.150 e. The minimum atomic E-state index is -0.280. The molecule has 1 saturated carbocycles. The Morgan fingerprint density at radius 2 is 2.00 bits per heavy atom. The summed E-state index contributed by atoms with van der Waals surface area (Å²) >= 11 is 0. The second kappa shape index (κ2) is 3.17. The third-order valence-electron chi connectivity index (χ3n) is 2.47. The van der Waals surface area contributed by atoms with Crippen LogP contribution in [-0.4, -0.2) is 11.8 Å². The van der Waals surface area contributed by atoms with E-state index in [2.05, 4.69) is 0 Å². The maximum Gasteiger partial charge on any atom is 0.150 e. The van der Waals surface area contributed by atoms with Crippen molar-refractivity contribution >= 4 is 5.78 Å². The number of carbonyl (C=O) groups excluding carboxylic acids is 1. The highest BCUT2D eigenvalue weighted by Gasteiger charge is 2.32. The van der Waals surface area contributed by atoms with E-state index in [0.717, 1.165) is 0 Å². The normalized spacial score (nSPS) is 20.7. The molecule has 1 aliphatic rings. The molecule has 0 aromatic rings. The van der Waals surface area contributed by atoms with Gasteiger partial charge < -0.3 is 5.73 Å². The Balaban J connectivity index is 2.39. The molecule has 1 rings (SSSR count). The molecule has 0 radical (unpaired) electrons. The molecule has 1 fully saturated rings. The van der Waals surface area contributed by atoms with Gasteiger partial charge in [0.1, 0.15) is 5.78 Å². The summed E-state index contributed by atoms with van der Waals surface area (Å²) in [7, 11) is 0. The number of Topliss-reactive ketones (excluding diaryl/α,β-unsaturated/α-hetero) is 1. The van der Waals surface area contributed by atoms with Gasteiger partial charge in [-0.25, -0.2) is 0 Å². The summed E-state index contributed by atoms with van der Waals surface area (Å²) in [4.78, 5) is 11.5. The summed E-state index contributed by atoms with van der Waals surface area (Å²) in [5, 5.41) is 0. The minimum Gasteiger partial charge on any atom is -0.321 e. The molecule has 0 amide bonds. The Hall–Kier alpha value is -0.370. The van der Waals surface area contributed by atoms with Gasteiger partial charge in [-0.15, -0.1) is 0 Å². The van der Waals surface area contributed by atoms with Crippen molar-refractivity contribution in [3.05, 3.63) is 0 Å². The molecule has 70 valence electrons. The summed E-state index contributed by atoms with van der Waals surface area (Å²) in [5.41, 5.74) is 5.74. The van der Waals surface area contributed by atoms with Gasteiger partial charge in [-0.1, -0.05) is 20.8 Å². The number of hydrogen-bond donors (Lipinski definition) is 1. The Morgan fingerprint density at radius 1 is 1.50 bits per heavy atom. The summed E-state index contributed by atoms with van der Waals surface area (Å²) in [6.07, 6.45) is 3.16. The zero-order valence-corrected chi connectivity index (χ0v) is 8.26. The molecular formula is C10H19NO. The van der Waals surface area contributed by atoms with E-state index in [1.165, 1.54) is 12.8 Å². The lowest BCUT2D eigenvalue weighted by atomic mass is 9.83. The second-order valence-electron chi connectivity index (χ2n) is 4.96. The molecule has 0 bridgehead atoms. The molecule has 0 spiro atoms. The lowest BCUT2D eigenvalue weighted by Gasteiger charge is -2.25. The van der Waals surface area contributed by atoms with E-state index < -0.39 is 0 Å². The SMILES string of the molecule is CC(C)(C)C(N)C(=O)CC1CC1. The van der Waals surface area contributed by atoms with Crippen molar-refractivity contribution in [3.63, 3.8) is 0 Å². The zero-order valence-electron chi connectivity index (χ0n) is 8.26. The van der Waals surface area contributed by atoms with E-state index >= 15 is 0 Å². The maximum absolute atomic E-state index is 11.5. The molecule has 0 saturated heterocycles. The fraction of sp³-hybridized carbons (Fsp3) is 0.900. The maximum atomic E-state index is 11.5. The van der Waals surface area contributed by atoms with Crippen LogP contribution in [0.15, 0.2) is 0 Å². The van der Waals surface area contributed by atoms with Crippen LogP contribution in [0.1, 0.15) is 40.0 Å². The van der Waals surface area contributed by atoms with Crippen molar-refractivity contribution in [2.75, 3.05) is 0 Å². The van der Waals surface area contributed by atoms with Crippen LogP contribution in [0.3, 0.4) is 0 Å². The monoisotopic (exact) mass is 169 g/mol. The molecule has 1 atom stereocenters.